The normalized spacial score (nSPS) is 24.4. The average molecular weight is 275 g/mol. The summed E-state index contributed by atoms with van der Waals surface area (Å²) < 4.78 is 18.5. The summed E-state index contributed by atoms with van der Waals surface area (Å²) in [5, 5.41) is 9.04. The first kappa shape index (κ1) is 16.4. The van der Waals surface area contributed by atoms with Crippen molar-refractivity contribution in [1.82, 2.24) is 4.90 Å². The van der Waals surface area contributed by atoms with Crippen LogP contribution in [-0.2, 0) is 9.53 Å². The van der Waals surface area contributed by atoms with Crippen LogP contribution in [0.4, 0.5) is 4.39 Å². The lowest BCUT2D eigenvalue weighted by atomic mass is 9.95. The Labute approximate surface area is 114 Å². The minimum Gasteiger partial charge on any atom is -0.469 e. The minimum absolute atomic E-state index is 0.152. The lowest BCUT2D eigenvalue weighted by Gasteiger charge is -2.36. The molecule has 1 heterocycles. The third kappa shape index (κ3) is 6.34. The first-order valence-corrected chi connectivity index (χ1v) is 7.18. The van der Waals surface area contributed by atoms with E-state index >= 15 is 0 Å². The summed E-state index contributed by atoms with van der Waals surface area (Å²) in [5.41, 5.74) is -1.40. The average Bonchev–Trinajstić information content (AvgIpc) is 2.42. The molecule has 1 atom stereocenters. The zero-order valence-corrected chi connectivity index (χ0v) is 11.9. The van der Waals surface area contributed by atoms with Crippen molar-refractivity contribution in [1.29, 1.82) is 0 Å². The summed E-state index contributed by atoms with van der Waals surface area (Å²) in [7, 11) is 1.41. The number of rotatable bonds is 8. The Kier molecular flexibility index (Phi) is 7.31. The molecule has 0 aromatic carbocycles. The number of methoxy groups -OCH3 is 1. The molecule has 0 saturated carbocycles. The molecule has 1 aliphatic rings. The maximum absolute atomic E-state index is 14.0. The van der Waals surface area contributed by atoms with Crippen LogP contribution in [0, 0.1) is 0 Å². The fourth-order valence-electron chi connectivity index (χ4n) is 2.56. The van der Waals surface area contributed by atoms with Gasteiger partial charge in [0.25, 0.3) is 0 Å². The number of aliphatic hydroxyl groups is 1. The smallest absolute Gasteiger partial charge is 0.305 e. The molecular weight excluding hydrogens is 249 g/mol. The molecule has 4 nitrogen and oxygen atoms in total. The highest BCUT2D eigenvalue weighted by Gasteiger charge is 2.34. The Hall–Kier alpha value is -0.680. The van der Waals surface area contributed by atoms with Crippen molar-refractivity contribution < 1.29 is 19.0 Å². The van der Waals surface area contributed by atoms with E-state index in [-0.39, 0.29) is 12.6 Å². The summed E-state index contributed by atoms with van der Waals surface area (Å²) in [4.78, 5) is 13.0. The van der Waals surface area contributed by atoms with E-state index in [0.717, 1.165) is 45.2 Å². The maximum atomic E-state index is 14.0. The SMILES string of the molecule is COC(=O)CCCCCCN1CCCC(F)(CO)C1. The number of nitrogens with zero attached hydrogens (tertiary/aromatic N) is 1. The van der Waals surface area contributed by atoms with Crippen LogP contribution in [0.25, 0.3) is 0 Å². The van der Waals surface area contributed by atoms with Gasteiger partial charge in [0.05, 0.1) is 13.7 Å². The number of halogens is 1. The van der Waals surface area contributed by atoms with Gasteiger partial charge in [-0.05, 0) is 38.8 Å². The van der Waals surface area contributed by atoms with E-state index in [2.05, 4.69) is 9.64 Å². The quantitative estimate of drug-likeness (QED) is 0.543. The molecule has 0 amide bonds. The number of hydrogen-bond donors (Lipinski definition) is 1. The van der Waals surface area contributed by atoms with E-state index < -0.39 is 5.67 Å². The predicted octanol–water partition coefficient (Wildman–Crippen LogP) is 1.91. The highest BCUT2D eigenvalue weighted by molar-refractivity contribution is 5.68. The van der Waals surface area contributed by atoms with Gasteiger partial charge in [0.2, 0.25) is 0 Å². The molecule has 0 aromatic heterocycles. The standard InChI is InChI=1S/C14H26FNO3/c1-19-13(18)7-4-2-3-5-9-16-10-6-8-14(15,11-16)12-17/h17H,2-12H2,1H3. The molecule has 1 N–H and O–H groups in total. The Morgan fingerprint density at radius 2 is 2.11 bits per heavy atom. The van der Waals surface area contributed by atoms with Crippen molar-refractivity contribution in [2.75, 3.05) is 33.4 Å². The molecule has 1 rings (SSSR count). The first-order chi connectivity index (χ1) is 9.09. The summed E-state index contributed by atoms with van der Waals surface area (Å²) >= 11 is 0. The fraction of sp³-hybridized carbons (Fsp3) is 0.929. The summed E-state index contributed by atoms with van der Waals surface area (Å²) in [6, 6.07) is 0. The Bertz CT molecular complexity index is 275. The molecule has 0 bridgehead atoms. The summed E-state index contributed by atoms with van der Waals surface area (Å²) in [6.45, 7) is 1.78. The van der Waals surface area contributed by atoms with E-state index in [4.69, 9.17) is 5.11 Å². The van der Waals surface area contributed by atoms with Gasteiger partial charge in [-0.1, -0.05) is 12.8 Å². The zero-order valence-electron chi connectivity index (χ0n) is 11.9. The Morgan fingerprint density at radius 1 is 1.37 bits per heavy atom. The highest BCUT2D eigenvalue weighted by atomic mass is 19.1. The fourth-order valence-corrected chi connectivity index (χ4v) is 2.56. The minimum atomic E-state index is -1.40. The molecule has 1 saturated heterocycles. The number of hydrogen-bond acceptors (Lipinski definition) is 4. The third-order valence-corrected chi connectivity index (χ3v) is 3.72. The van der Waals surface area contributed by atoms with Gasteiger partial charge in [-0.15, -0.1) is 0 Å². The highest BCUT2D eigenvalue weighted by Crippen LogP contribution is 2.24. The lowest BCUT2D eigenvalue weighted by Crippen LogP contribution is -2.47. The molecule has 5 heteroatoms. The molecule has 1 unspecified atom stereocenters. The number of unbranched alkanes of at least 4 members (excludes halogenated alkanes) is 3. The number of alkyl halides is 1. The monoisotopic (exact) mass is 275 g/mol. The van der Waals surface area contributed by atoms with Crippen molar-refractivity contribution >= 4 is 5.97 Å². The van der Waals surface area contributed by atoms with Crippen molar-refractivity contribution in [3.05, 3.63) is 0 Å². The molecule has 0 aliphatic carbocycles. The van der Waals surface area contributed by atoms with Gasteiger partial charge < -0.3 is 14.7 Å². The van der Waals surface area contributed by atoms with Crippen LogP contribution in [0.2, 0.25) is 0 Å². The van der Waals surface area contributed by atoms with Crippen molar-refractivity contribution in [3.63, 3.8) is 0 Å². The number of carbonyl (C=O) groups excluding carboxylic acids is 1. The summed E-state index contributed by atoms with van der Waals surface area (Å²) in [5.74, 6) is -0.152. The zero-order chi connectivity index (χ0) is 14.1. The molecule has 112 valence electrons. The van der Waals surface area contributed by atoms with Crippen molar-refractivity contribution in [2.45, 2.75) is 50.6 Å². The van der Waals surface area contributed by atoms with Gasteiger partial charge in [0.1, 0.15) is 5.67 Å². The Morgan fingerprint density at radius 3 is 2.79 bits per heavy atom. The maximum Gasteiger partial charge on any atom is 0.305 e. The first-order valence-electron chi connectivity index (χ1n) is 7.18. The second kappa shape index (κ2) is 8.48. The number of likely N-dealkylation sites (tertiary alicyclic amines) is 1. The number of carbonyl (C=O) groups is 1. The molecule has 1 aliphatic heterocycles. The van der Waals surface area contributed by atoms with Crippen molar-refractivity contribution in [2.24, 2.45) is 0 Å². The van der Waals surface area contributed by atoms with Crippen LogP contribution >= 0.6 is 0 Å². The predicted molar refractivity (Wildman–Crippen MR) is 71.7 cm³/mol. The molecule has 0 radical (unpaired) electrons. The number of ether oxygens (including phenoxy) is 1. The Balaban J connectivity index is 2.05. The third-order valence-electron chi connectivity index (χ3n) is 3.72. The van der Waals surface area contributed by atoms with Gasteiger partial charge in [0, 0.05) is 13.0 Å². The van der Waals surface area contributed by atoms with Crippen LogP contribution in [0.1, 0.15) is 44.9 Å². The van der Waals surface area contributed by atoms with Gasteiger partial charge >= 0.3 is 5.97 Å². The van der Waals surface area contributed by atoms with Crippen LogP contribution in [0.15, 0.2) is 0 Å². The summed E-state index contributed by atoms with van der Waals surface area (Å²) in [6.07, 6.45) is 5.70. The number of esters is 1. The van der Waals surface area contributed by atoms with E-state index in [9.17, 15) is 9.18 Å². The molecular formula is C14H26FNO3. The van der Waals surface area contributed by atoms with Crippen LogP contribution < -0.4 is 0 Å². The molecule has 0 spiro atoms. The van der Waals surface area contributed by atoms with Crippen LogP contribution in [-0.4, -0.2) is 55.0 Å². The second-order valence-electron chi connectivity index (χ2n) is 5.43. The van der Waals surface area contributed by atoms with E-state index in [1.165, 1.54) is 7.11 Å². The molecule has 1 fully saturated rings. The molecule has 0 aromatic rings. The lowest BCUT2D eigenvalue weighted by molar-refractivity contribution is -0.140. The van der Waals surface area contributed by atoms with E-state index in [1.54, 1.807) is 0 Å². The number of piperidine rings is 1. The van der Waals surface area contributed by atoms with Crippen molar-refractivity contribution in [3.8, 4) is 0 Å². The second-order valence-corrected chi connectivity index (χ2v) is 5.43. The number of aliphatic hydroxyl groups excluding tert-OH is 1. The van der Waals surface area contributed by atoms with Gasteiger partial charge in [-0.3, -0.25) is 4.79 Å². The topological polar surface area (TPSA) is 49.8 Å². The van der Waals surface area contributed by atoms with E-state index in [1.807, 2.05) is 0 Å². The van der Waals surface area contributed by atoms with E-state index in [0.29, 0.717) is 19.4 Å². The van der Waals surface area contributed by atoms with Gasteiger partial charge in [0.15, 0.2) is 0 Å². The largest absolute Gasteiger partial charge is 0.469 e. The van der Waals surface area contributed by atoms with Gasteiger partial charge in [-0.2, -0.15) is 0 Å². The van der Waals surface area contributed by atoms with Crippen LogP contribution in [0.3, 0.4) is 0 Å². The van der Waals surface area contributed by atoms with Gasteiger partial charge in [-0.25, -0.2) is 4.39 Å². The van der Waals surface area contributed by atoms with Crippen LogP contribution in [0.5, 0.6) is 0 Å². The molecule has 19 heavy (non-hydrogen) atoms.